The maximum Gasteiger partial charge on any atom is 0.222 e. The van der Waals surface area contributed by atoms with Gasteiger partial charge in [0, 0.05) is 0 Å². The zero-order chi connectivity index (χ0) is 14.9. The SMILES string of the molecule is COc1c(Br)ccc(Cl)c1-c1nc(N)nc(N)c1C#N. The van der Waals surface area contributed by atoms with E-state index in [0.717, 1.165) is 0 Å². The van der Waals surface area contributed by atoms with Gasteiger partial charge in [-0.2, -0.15) is 10.2 Å². The monoisotopic (exact) mass is 353 g/mol. The molecule has 2 rings (SSSR count). The first-order valence-electron chi connectivity index (χ1n) is 5.35. The van der Waals surface area contributed by atoms with Crippen molar-refractivity contribution in [3.63, 3.8) is 0 Å². The van der Waals surface area contributed by atoms with Crippen molar-refractivity contribution in [1.82, 2.24) is 9.97 Å². The summed E-state index contributed by atoms with van der Waals surface area (Å²) in [6.45, 7) is 0. The summed E-state index contributed by atoms with van der Waals surface area (Å²) in [6.07, 6.45) is 0. The predicted molar refractivity (Wildman–Crippen MR) is 80.3 cm³/mol. The van der Waals surface area contributed by atoms with Gasteiger partial charge in [0.05, 0.1) is 22.2 Å². The molecule has 0 saturated heterocycles. The fourth-order valence-corrected chi connectivity index (χ4v) is 2.47. The van der Waals surface area contributed by atoms with Crippen molar-refractivity contribution in [3.8, 4) is 23.1 Å². The summed E-state index contributed by atoms with van der Waals surface area (Å²) in [7, 11) is 1.49. The average Bonchev–Trinajstić information content (AvgIpc) is 2.40. The minimum Gasteiger partial charge on any atom is -0.495 e. The molecule has 0 amide bonds. The normalized spacial score (nSPS) is 10.1. The molecule has 1 aromatic heterocycles. The van der Waals surface area contributed by atoms with Crippen molar-refractivity contribution >= 4 is 39.3 Å². The maximum atomic E-state index is 9.23. The highest BCUT2D eigenvalue weighted by molar-refractivity contribution is 9.10. The molecule has 0 aliphatic heterocycles. The summed E-state index contributed by atoms with van der Waals surface area (Å²) >= 11 is 9.55. The number of hydrogen-bond donors (Lipinski definition) is 2. The van der Waals surface area contributed by atoms with E-state index in [1.54, 1.807) is 12.1 Å². The van der Waals surface area contributed by atoms with E-state index in [1.165, 1.54) is 7.11 Å². The van der Waals surface area contributed by atoms with E-state index in [9.17, 15) is 5.26 Å². The summed E-state index contributed by atoms with van der Waals surface area (Å²) in [4.78, 5) is 7.83. The highest BCUT2D eigenvalue weighted by atomic mass is 79.9. The Kier molecular flexibility index (Phi) is 3.97. The molecule has 1 aromatic carbocycles. The zero-order valence-corrected chi connectivity index (χ0v) is 12.7. The van der Waals surface area contributed by atoms with Gasteiger partial charge in [-0.15, -0.1) is 0 Å². The van der Waals surface area contributed by atoms with Crippen LogP contribution in [0.3, 0.4) is 0 Å². The summed E-state index contributed by atoms with van der Waals surface area (Å²) in [5.74, 6) is 0.384. The third kappa shape index (κ3) is 2.35. The second-order valence-electron chi connectivity index (χ2n) is 3.74. The number of nitrogens with zero attached hydrogens (tertiary/aromatic N) is 3. The fourth-order valence-electron chi connectivity index (χ4n) is 1.74. The van der Waals surface area contributed by atoms with Crippen LogP contribution in [0.15, 0.2) is 16.6 Å². The van der Waals surface area contributed by atoms with Crippen LogP contribution in [0.2, 0.25) is 5.02 Å². The number of nitrogens with two attached hydrogens (primary N) is 2. The Morgan fingerprint density at radius 3 is 2.65 bits per heavy atom. The van der Waals surface area contributed by atoms with E-state index in [1.807, 2.05) is 6.07 Å². The first kappa shape index (κ1) is 14.4. The topological polar surface area (TPSA) is 111 Å². The predicted octanol–water partition coefficient (Wildman–Crippen LogP) is 2.60. The van der Waals surface area contributed by atoms with Crippen LogP contribution < -0.4 is 16.2 Å². The molecule has 0 radical (unpaired) electrons. The Morgan fingerprint density at radius 2 is 2.05 bits per heavy atom. The number of benzene rings is 1. The van der Waals surface area contributed by atoms with Crippen LogP contribution in [0, 0.1) is 11.3 Å². The summed E-state index contributed by atoms with van der Waals surface area (Å²) in [6, 6.07) is 5.33. The maximum absolute atomic E-state index is 9.23. The molecule has 0 fully saturated rings. The van der Waals surface area contributed by atoms with E-state index in [-0.39, 0.29) is 23.0 Å². The summed E-state index contributed by atoms with van der Waals surface area (Å²) < 4.78 is 5.97. The molecule has 0 bridgehead atoms. The lowest BCUT2D eigenvalue weighted by molar-refractivity contribution is 0.413. The van der Waals surface area contributed by atoms with E-state index in [0.29, 0.717) is 20.8 Å². The molecule has 102 valence electrons. The first-order chi connectivity index (χ1) is 9.49. The van der Waals surface area contributed by atoms with Crippen molar-refractivity contribution in [1.29, 1.82) is 5.26 Å². The van der Waals surface area contributed by atoms with Gasteiger partial charge in [0.25, 0.3) is 0 Å². The first-order valence-corrected chi connectivity index (χ1v) is 6.52. The molecular weight excluding hydrogens is 346 g/mol. The second kappa shape index (κ2) is 5.53. The van der Waals surface area contributed by atoms with Crippen LogP contribution in [0.4, 0.5) is 11.8 Å². The number of nitriles is 1. The quantitative estimate of drug-likeness (QED) is 0.857. The number of hydrogen-bond acceptors (Lipinski definition) is 6. The minimum absolute atomic E-state index is 0.00639. The number of ether oxygens (including phenoxy) is 1. The lowest BCUT2D eigenvalue weighted by atomic mass is 10.1. The molecule has 0 aliphatic rings. The third-order valence-corrected chi connectivity index (χ3v) is 3.51. The van der Waals surface area contributed by atoms with Gasteiger partial charge < -0.3 is 16.2 Å². The molecule has 20 heavy (non-hydrogen) atoms. The van der Waals surface area contributed by atoms with Crippen molar-refractivity contribution < 1.29 is 4.74 Å². The Balaban J connectivity index is 2.89. The Morgan fingerprint density at radius 1 is 1.35 bits per heavy atom. The highest BCUT2D eigenvalue weighted by Gasteiger charge is 2.21. The van der Waals surface area contributed by atoms with Gasteiger partial charge in [-0.3, -0.25) is 0 Å². The van der Waals surface area contributed by atoms with E-state index in [4.69, 9.17) is 27.8 Å². The van der Waals surface area contributed by atoms with Gasteiger partial charge in [-0.05, 0) is 28.1 Å². The summed E-state index contributed by atoms with van der Waals surface area (Å²) in [5, 5.41) is 9.59. The number of rotatable bonds is 2. The molecular formula is C12H9BrClN5O. The Hall–Kier alpha value is -2.04. The Bertz CT molecular complexity index is 729. The van der Waals surface area contributed by atoms with Crippen molar-refractivity contribution in [2.24, 2.45) is 0 Å². The fraction of sp³-hybridized carbons (Fsp3) is 0.0833. The molecule has 4 N–H and O–H groups in total. The molecule has 2 aromatic rings. The number of halogens is 2. The largest absolute Gasteiger partial charge is 0.495 e. The highest BCUT2D eigenvalue weighted by Crippen LogP contribution is 2.42. The molecule has 0 spiro atoms. The van der Waals surface area contributed by atoms with Crippen LogP contribution in [0.5, 0.6) is 5.75 Å². The smallest absolute Gasteiger partial charge is 0.222 e. The van der Waals surface area contributed by atoms with Crippen molar-refractivity contribution in [2.45, 2.75) is 0 Å². The molecule has 1 heterocycles. The molecule has 0 aliphatic carbocycles. The zero-order valence-electron chi connectivity index (χ0n) is 10.3. The molecule has 8 heteroatoms. The number of methoxy groups -OCH3 is 1. The van der Waals surface area contributed by atoms with Gasteiger partial charge in [-0.25, -0.2) is 4.98 Å². The number of nitrogen functional groups attached to an aromatic ring is 2. The van der Waals surface area contributed by atoms with Crippen molar-refractivity contribution in [2.75, 3.05) is 18.6 Å². The number of aromatic nitrogens is 2. The minimum atomic E-state index is -0.0467. The molecule has 0 saturated carbocycles. The van der Waals surface area contributed by atoms with Gasteiger partial charge in [0.15, 0.2) is 0 Å². The van der Waals surface area contributed by atoms with Gasteiger partial charge in [-0.1, -0.05) is 11.6 Å². The third-order valence-electron chi connectivity index (χ3n) is 2.57. The second-order valence-corrected chi connectivity index (χ2v) is 5.00. The summed E-state index contributed by atoms with van der Waals surface area (Å²) in [5.41, 5.74) is 12.1. The van der Waals surface area contributed by atoms with Gasteiger partial charge in [0.1, 0.15) is 28.9 Å². The van der Waals surface area contributed by atoms with Gasteiger partial charge >= 0.3 is 0 Å². The van der Waals surface area contributed by atoms with Crippen LogP contribution in [-0.4, -0.2) is 17.1 Å². The van der Waals surface area contributed by atoms with Crippen LogP contribution >= 0.6 is 27.5 Å². The van der Waals surface area contributed by atoms with E-state index < -0.39 is 0 Å². The standard InChI is InChI=1S/C12H9BrClN5O/c1-20-10-6(13)2-3-7(14)8(10)9-5(4-15)11(16)19-12(17)18-9/h2-3H,1H3,(H4,16,17,18,19). The lowest BCUT2D eigenvalue weighted by Crippen LogP contribution is -2.06. The van der Waals surface area contributed by atoms with Crippen LogP contribution in [0.25, 0.3) is 11.3 Å². The van der Waals surface area contributed by atoms with E-state index >= 15 is 0 Å². The Labute approximate surface area is 128 Å². The van der Waals surface area contributed by atoms with Crippen LogP contribution in [0.1, 0.15) is 5.56 Å². The lowest BCUT2D eigenvalue weighted by Gasteiger charge is -2.13. The average molecular weight is 355 g/mol. The molecule has 0 atom stereocenters. The van der Waals surface area contributed by atoms with Crippen molar-refractivity contribution in [3.05, 3.63) is 27.2 Å². The van der Waals surface area contributed by atoms with Crippen LogP contribution in [-0.2, 0) is 0 Å². The van der Waals surface area contributed by atoms with Gasteiger partial charge in [0.2, 0.25) is 5.95 Å². The van der Waals surface area contributed by atoms with E-state index in [2.05, 4.69) is 25.9 Å². The molecule has 0 unspecified atom stereocenters. The number of anilines is 2. The molecule has 6 nitrogen and oxygen atoms in total.